The topological polar surface area (TPSA) is 42.6 Å². The molecule has 7 aromatic rings. The lowest BCUT2D eigenvalue weighted by Crippen LogP contribution is -2.14. The summed E-state index contributed by atoms with van der Waals surface area (Å²) < 4.78 is 0. The van der Waals surface area contributed by atoms with Gasteiger partial charge in [0, 0.05) is 68.3 Å². The first kappa shape index (κ1) is 34.2. The summed E-state index contributed by atoms with van der Waals surface area (Å²) in [5, 5.41) is 10.6. The van der Waals surface area contributed by atoms with Gasteiger partial charge in [-0.05, 0) is 146 Å². The molecule has 0 saturated heterocycles. The van der Waals surface area contributed by atoms with E-state index in [2.05, 4.69) is 197 Å². The molecule has 7 rings (SSSR count). The number of benzene rings is 7. The molecule has 5 heteroatoms. The van der Waals surface area contributed by atoms with Crippen molar-refractivity contribution in [2.45, 2.75) is 0 Å². The molecule has 0 aliphatic carbocycles. The first-order chi connectivity index (χ1) is 26.2. The fraction of sp³-hybridized carbons (Fsp3) is 0. The van der Waals surface area contributed by atoms with E-state index in [9.17, 15) is 0 Å². The van der Waals surface area contributed by atoms with E-state index in [4.69, 9.17) is 0 Å². The molecular formula is C48H41N5. The van der Waals surface area contributed by atoms with Crippen LogP contribution in [0.2, 0.25) is 0 Å². The zero-order valence-corrected chi connectivity index (χ0v) is 29.4. The van der Waals surface area contributed by atoms with Crippen LogP contribution in [0.1, 0.15) is 0 Å². The SMILES string of the molecule is C=C/C=C(\C=C)N(c1ccccc1)c1ccc(Nc2ccc(Nc3ccc(Nc4ccc(N(c5ccccc5)c5ccccc5)cc4)cc3)cc2)cc1. The summed E-state index contributed by atoms with van der Waals surface area (Å²) in [5.41, 5.74) is 12.4. The molecule has 0 bridgehead atoms. The van der Waals surface area contributed by atoms with Crippen LogP contribution >= 0.6 is 0 Å². The van der Waals surface area contributed by atoms with Gasteiger partial charge in [0.2, 0.25) is 0 Å². The Morgan fingerprint density at radius 2 is 0.642 bits per heavy atom. The molecule has 7 aromatic carbocycles. The number of para-hydroxylation sites is 3. The van der Waals surface area contributed by atoms with Crippen molar-refractivity contribution in [2.75, 3.05) is 25.8 Å². The Bertz CT molecular complexity index is 2210. The van der Waals surface area contributed by atoms with Gasteiger partial charge in [0.05, 0.1) is 0 Å². The highest BCUT2D eigenvalue weighted by atomic mass is 15.1. The minimum atomic E-state index is 0.946. The van der Waals surface area contributed by atoms with Crippen LogP contribution in [0.4, 0.5) is 62.6 Å². The molecule has 5 nitrogen and oxygen atoms in total. The van der Waals surface area contributed by atoms with Crippen molar-refractivity contribution in [1.82, 2.24) is 0 Å². The van der Waals surface area contributed by atoms with Crippen molar-refractivity contribution in [3.05, 3.63) is 225 Å². The summed E-state index contributed by atoms with van der Waals surface area (Å²) in [6.07, 6.45) is 5.58. The van der Waals surface area contributed by atoms with Crippen molar-refractivity contribution in [1.29, 1.82) is 0 Å². The van der Waals surface area contributed by atoms with Crippen molar-refractivity contribution in [2.24, 2.45) is 0 Å². The van der Waals surface area contributed by atoms with Crippen LogP contribution in [0.5, 0.6) is 0 Å². The van der Waals surface area contributed by atoms with Crippen molar-refractivity contribution < 1.29 is 0 Å². The average molecular weight is 688 g/mol. The quantitative estimate of drug-likeness (QED) is 0.0993. The van der Waals surface area contributed by atoms with Crippen molar-refractivity contribution >= 4 is 62.6 Å². The molecule has 0 aliphatic heterocycles. The maximum absolute atomic E-state index is 4.02. The Labute approximate surface area is 312 Å². The predicted molar refractivity (Wildman–Crippen MR) is 227 cm³/mol. The van der Waals surface area contributed by atoms with E-state index >= 15 is 0 Å². The van der Waals surface area contributed by atoms with E-state index in [-0.39, 0.29) is 0 Å². The second kappa shape index (κ2) is 16.6. The smallest absolute Gasteiger partial charge is 0.0463 e. The molecule has 0 unspecified atom stereocenters. The molecule has 0 atom stereocenters. The minimum Gasteiger partial charge on any atom is -0.356 e. The molecule has 0 fully saturated rings. The Hall–Kier alpha value is -7.24. The van der Waals surface area contributed by atoms with Crippen molar-refractivity contribution in [3.8, 4) is 0 Å². The normalized spacial score (nSPS) is 10.9. The molecular weight excluding hydrogens is 647 g/mol. The number of nitrogens with zero attached hydrogens (tertiary/aromatic N) is 2. The molecule has 3 N–H and O–H groups in total. The van der Waals surface area contributed by atoms with Gasteiger partial charge in [-0.15, -0.1) is 0 Å². The van der Waals surface area contributed by atoms with E-state index in [1.54, 1.807) is 6.08 Å². The first-order valence-electron chi connectivity index (χ1n) is 17.6. The highest BCUT2D eigenvalue weighted by Gasteiger charge is 2.13. The Morgan fingerprint density at radius 1 is 0.358 bits per heavy atom. The molecule has 0 aromatic heterocycles. The molecule has 0 saturated carbocycles. The summed E-state index contributed by atoms with van der Waals surface area (Å²) in [5.74, 6) is 0. The van der Waals surface area contributed by atoms with Crippen LogP contribution in [-0.2, 0) is 0 Å². The van der Waals surface area contributed by atoms with Gasteiger partial charge in [0.25, 0.3) is 0 Å². The van der Waals surface area contributed by atoms with E-state index in [0.29, 0.717) is 0 Å². The zero-order chi connectivity index (χ0) is 36.2. The second-order valence-corrected chi connectivity index (χ2v) is 12.3. The van der Waals surface area contributed by atoms with Crippen LogP contribution in [-0.4, -0.2) is 0 Å². The second-order valence-electron chi connectivity index (χ2n) is 12.3. The van der Waals surface area contributed by atoms with Crippen LogP contribution < -0.4 is 25.8 Å². The summed E-state index contributed by atoms with van der Waals surface area (Å²) in [6, 6.07) is 64.6. The van der Waals surface area contributed by atoms with Crippen LogP contribution in [0.15, 0.2) is 225 Å². The van der Waals surface area contributed by atoms with Gasteiger partial charge >= 0.3 is 0 Å². The van der Waals surface area contributed by atoms with Gasteiger partial charge in [-0.3, -0.25) is 0 Å². The number of hydrogen-bond donors (Lipinski definition) is 3. The van der Waals surface area contributed by atoms with E-state index in [1.165, 1.54) is 0 Å². The molecule has 0 spiro atoms. The number of rotatable bonds is 14. The van der Waals surface area contributed by atoms with Crippen LogP contribution in [0.25, 0.3) is 0 Å². The summed E-state index contributed by atoms with van der Waals surface area (Å²) in [4.78, 5) is 4.42. The maximum atomic E-state index is 4.02. The molecule has 0 radical (unpaired) electrons. The molecule has 258 valence electrons. The summed E-state index contributed by atoms with van der Waals surface area (Å²) in [7, 11) is 0. The number of hydrogen-bond acceptors (Lipinski definition) is 5. The molecule has 0 aliphatic rings. The van der Waals surface area contributed by atoms with E-state index < -0.39 is 0 Å². The Kier molecular flexibility index (Phi) is 10.7. The molecule has 0 heterocycles. The fourth-order valence-electron chi connectivity index (χ4n) is 6.14. The maximum Gasteiger partial charge on any atom is 0.0463 e. The number of allylic oxidation sites excluding steroid dienone is 3. The predicted octanol–water partition coefficient (Wildman–Crippen LogP) is 13.8. The summed E-state index contributed by atoms with van der Waals surface area (Å²) >= 11 is 0. The molecule has 53 heavy (non-hydrogen) atoms. The monoisotopic (exact) mass is 687 g/mol. The lowest BCUT2D eigenvalue weighted by molar-refractivity contribution is 1.21. The Balaban J connectivity index is 0.961. The lowest BCUT2D eigenvalue weighted by atomic mass is 10.1. The third-order valence-electron chi connectivity index (χ3n) is 8.69. The third kappa shape index (κ3) is 8.56. The lowest BCUT2D eigenvalue weighted by Gasteiger charge is -2.26. The largest absolute Gasteiger partial charge is 0.356 e. The summed E-state index contributed by atoms with van der Waals surface area (Å²) in [6.45, 7) is 7.90. The zero-order valence-electron chi connectivity index (χ0n) is 29.4. The highest BCUT2D eigenvalue weighted by Crippen LogP contribution is 2.35. The highest BCUT2D eigenvalue weighted by molar-refractivity contribution is 5.78. The number of nitrogens with one attached hydrogen (secondary N) is 3. The van der Waals surface area contributed by atoms with Crippen molar-refractivity contribution in [3.63, 3.8) is 0 Å². The van der Waals surface area contributed by atoms with Gasteiger partial charge in [0.15, 0.2) is 0 Å². The minimum absolute atomic E-state index is 0.946. The van der Waals surface area contributed by atoms with Crippen LogP contribution in [0, 0.1) is 0 Å². The van der Waals surface area contributed by atoms with Gasteiger partial charge in [-0.2, -0.15) is 0 Å². The van der Waals surface area contributed by atoms with Gasteiger partial charge in [0.1, 0.15) is 0 Å². The third-order valence-corrected chi connectivity index (χ3v) is 8.69. The Morgan fingerprint density at radius 3 is 0.981 bits per heavy atom. The first-order valence-corrected chi connectivity index (χ1v) is 17.6. The number of anilines is 11. The fourth-order valence-corrected chi connectivity index (χ4v) is 6.14. The van der Waals surface area contributed by atoms with Crippen LogP contribution in [0.3, 0.4) is 0 Å². The average Bonchev–Trinajstić information content (AvgIpc) is 3.22. The molecule has 0 amide bonds. The van der Waals surface area contributed by atoms with E-state index in [0.717, 1.165) is 68.3 Å². The standard InChI is InChI=1S/C48H41N5/c1-3-14-43(4-2)52(44-15-8-5-9-16-44)47-33-29-41(30-34-47)50-39-25-21-37(22-26-39)49-38-23-27-40(28-24-38)51-42-31-35-48(36-32-42)53(45-17-10-6-11-18-45)46-19-12-7-13-20-46/h3-36,49-51H,1-2H2/b43-14+. The van der Waals surface area contributed by atoms with Gasteiger partial charge in [-0.25, -0.2) is 0 Å². The van der Waals surface area contributed by atoms with Gasteiger partial charge < -0.3 is 25.8 Å². The van der Waals surface area contributed by atoms with E-state index in [1.807, 2.05) is 42.5 Å². The van der Waals surface area contributed by atoms with Gasteiger partial charge in [-0.1, -0.05) is 73.8 Å².